The highest BCUT2D eigenvalue weighted by atomic mass is 16.2. The van der Waals surface area contributed by atoms with Gasteiger partial charge in [-0.15, -0.1) is 0 Å². The molecule has 0 aliphatic carbocycles. The number of nitrogens with one attached hydrogen (secondary N) is 2. The number of hydrogen-bond donors (Lipinski definition) is 2. The first-order valence-corrected chi connectivity index (χ1v) is 11.5. The van der Waals surface area contributed by atoms with E-state index in [0.717, 1.165) is 42.3 Å². The Kier molecular flexibility index (Phi) is 6.20. The average Bonchev–Trinajstić information content (AvgIpc) is 2.87. The third-order valence-electron chi connectivity index (χ3n) is 6.40. The minimum absolute atomic E-state index is 0.179. The predicted octanol–water partition coefficient (Wildman–Crippen LogP) is 5.42. The molecular formula is C28H28N4O. The van der Waals surface area contributed by atoms with Crippen LogP contribution in [-0.2, 0) is 12.8 Å². The first-order chi connectivity index (χ1) is 16.3. The van der Waals surface area contributed by atoms with Crippen molar-refractivity contribution in [3.05, 3.63) is 102 Å². The first kappa shape index (κ1) is 21.0. The lowest BCUT2D eigenvalue weighted by atomic mass is 9.95. The number of aromatic nitrogens is 1. The van der Waals surface area contributed by atoms with Gasteiger partial charge in [-0.3, -0.25) is 4.98 Å². The largest absolute Gasteiger partial charge is 0.366 e. The summed E-state index contributed by atoms with van der Waals surface area (Å²) in [6.45, 7) is 1.52. The van der Waals surface area contributed by atoms with Crippen molar-refractivity contribution in [2.75, 3.05) is 23.3 Å². The molecule has 5 rings (SSSR count). The molecule has 1 aliphatic rings. The molecule has 0 fully saturated rings. The van der Waals surface area contributed by atoms with Gasteiger partial charge in [0.15, 0.2) is 0 Å². The molecule has 1 aliphatic heterocycles. The maximum absolute atomic E-state index is 12.8. The molecule has 0 bridgehead atoms. The normalized spacial score (nSPS) is 15.2. The second kappa shape index (κ2) is 9.74. The maximum Gasteiger partial charge on any atom is 0.319 e. The number of nitrogens with zero attached hydrogens (tertiary/aromatic N) is 2. The fraction of sp³-hybridized carbons (Fsp3) is 0.214. The van der Waals surface area contributed by atoms with E-state index >= 15 is 0 Å². The monoisotopic (exact) mass is 436 g/mol. The Labute approximate surface area is 194 Å². The van der Waals surface area contributed by atoms with E-state index in [2.05, 4.69) is 75.1 Å². The van der Waals surface area contributed by atoms with E-state index in [0.29, 0.717) is 6.54 Å². The lowest BCUT2D eigenvalue weighted by Crippen LogP contribution is -2.48. The quantitative estimate of drug-likeness (QED) is 0.424. The van der Waals surface area contributed by atoms with Crippen molar-refractivity contribution in [1.82, 2.24) is 10.3 Å². The van der Waals surface area contributed by atoms with Crippen molar-refractivity contribution in [2.45, 2.75) is 25.3 Å². The Bertz CT molecular complexity index is 1240. The van der Waals surface area contributed by atoms with Crippen LogP contribution in [0.1, 0.15) is 17.5 Å². The second-order valence-electron chi connectivity index (χ2n) is 8.49. The van der Waals surface area contributed by atoms with Crippen molar-refractivity contribution >= 4 is 28.2 Å². The molecule has 33 heavy (non-hydrogen) atoms. The van der Waals surface area contributed by atoms with Crippen molar-refractivity contribution in [3.8, 4) is 0 Å². The summed E-state index contributed by atoms with van der Waals surface area (Å²) < 4.78 is 0. The van der Waals surface area contributed by atoms with Crippen molar-refractivity contribution in [1.29, 1.82) is 0 Å². The summed E-state index contributed by atoms with van der Waals surface area (Å²) in [4.78, 5) is 19.4. The molecule has 0 radical (unpaired) electrons. The van der Waals surface area contributed by atoms with Gasteiger partial charge >= 0.3 is 6.03 Å². The van der Waals surface area contributed by atoms with Gasteiger partial charge in [0.25, 0.3) is 0 Å². The van der Waals surface area contributed by atoms with Gasteiger partial charge in [0.05, 0.1) is 5.69 Å². The first-order valence-electron chi connectivity index (χ1n) is 11.5. The molecule has 2 N–H and O–H groups in total. The molecule has 4 aromatic rings. The minimum atomic E-state index is -0.179. The van der Waals surface area contributed by atoms with E-state index in [1.165, 1.54) is 16.8 Å². The van der Waals surface area contributed by atoms with Gasteiger partial charge in [-0.05, 0) is 48.6 Å². The number of rotatable bonds is 6. The van der Waals surface area contributed by atoms with Crippen LogP contribution >= 0.6 is 0 Å². The van der Waals surface area contributed by atoms with Gasteiger partial charge < -0.3 is 15.5 Å². The number of urea groups is 1. The van der Waals surface area contributed by atoms with Crippen molar-refractivity contribution in [2.24, 2.45) is 0 Å². The zero-order valence-corrected chi connectivity index (χ0v) is 18.6. The zero-order valence-electron chi connectivity index (χ0n) is 18.6. The predicted molar refractivity (Wildman–Crippen MR) is 135 cm³/mol. The lowest BCUT2D eigenvalue weighted by molar-refractivity contribution is 0.251. The van der Waals surface area contributed by atoms with Crippen LogP contribution in [0.25, 0.3) is 10.8 Å². The van der Waals surface area contributed by atoms with Crippen molar-refractivity contribution in [3.63, 3.8) is 0 Å². The fourth-order valence-corrected chi connectivity index (χ4v) is 4.70. The summed E-state index contributed by atoms with van der Waals surface area (Å²) in [5.41, 5.74) is 4.79. The number of carbonyl (C=O) groups is 1. The SMILES string of the molecule is O=C(NCC1CCc2ccccc2N1CCc1ccccc1)Nc1cccc2cnccc12. The van der Waals surface area contributed by atoms with Gasteiger partial charge in [0.2, 0.25) is 0 Å². The van der Waals surface area contributed by atoms with E-state index in [1.807, 2.05) is 30.5 Å². The molecular weight excluding hydrogens is 408 g/mol. The van der Waals surface area contributed by atoms with Crippen LogP contribution in [0.5, 0.6) is 0 Å². The molecule has 0 saturated carbocycles. The summed E-state index contributed by atoms with van der Waals surface area (Å²) >= 11 is 0. The van der Waals surface area contributed by atoms with Gasteiger partial charge in [-0.25, -0.2) is 4.79 Å². The van der Waals surface area contributed by atoms with Crippen LogP contribution in [0.3, 0.4) is 0 Å². The van der Waals surface area contributed by atoms with Crippen LogP contribution in [0, 0.1) is 0 Å². The molecule has 1 atom stereocenters. The average molecular weight is 437 g/mol. The van der Waals surface area contributed by atoms with E-state index < -0.39 is 0 Å². The molecule has 5 heteroatoms. The second-order valence-corrected chi connectivity index (χ2v) is 8.49. The fourth-order valence-electron chi connectivity index (χ4n) is 4.70. The molecule has 0 saturated heterocycles. The molecule has 2 heterocycles. The van der Waals surface area contributed by atoms with Gasteiger partial charge in [-0.1, -0.05) is 60.7 Å². The number of amides is 2. The summed E-state index contributed by atoms with van der Waals surface area (Å²) in [5, 5.41) is 8.13. The lowest BCUT2D eigenvalue weighted by Gasteiger charge is -2.39. The number of aryl methyl sites for hydroxylation is 1. The van der Waals surface area contributed by atoms with Crippen LogP contribution in [0.15, 0.2) is 91.3 Å². The Morgan fingerprint density at radius 3 is 2.73 bits per heavy atom. The molecule has 2 amide bonds. The molecule has 1 aromatic heterocycles. The Morgan fingerprint density at radius 1 is 0.970 bits per heavy atom. The third kappa shape index (κ3) is 4.82. The summed E-state index contributed by atoms with van der Waals surface area (Å²) in [6, 6.07) is 27.1. The number of fused-ring (bicyclic) bond motifs is 2. The smallest absolute Gasteiger partial charge is 0.319 e. The number of anilines is 2. The van der Waals surface area contributed by atoms with Gasteiger partial charge in [-0.2, -0.15) is 0 Å². The number of hydrogen-bond acceptors (Lipinski definition) is 3. The molecule has 1 unspecified atom stereocenters. The van der Waals surface area contributed by atoms with Crippen LogP contribution in [0.2, 0.25) is 0 Å². The standard InChI is InChI=1S/C28H28N4O/c33-28(31-26-11-6-10-23-19-29-17-15-25(23)26)30-20-24-14-13-22-9-4-5-12-27(22)32(24)18-16-21-7-2-1-3-8-21/h1-12,15,17,19,24H,13-14,16,18,20H2,(H2,30,31,33). The van der Waals surface area contributed by atoms with Crippen molar-refractivity contribution < 1.29 is 4.79 Å². The molecule has 5 nitrogen and oxygen atoms in total. The van der Waals surface area contributed by atoms with Crippen LogP contribution in [0.4, 0.5) is 16.2 Å². The highest BCUT2D eigenvalue weighted by Gasteiger charge is 2.26. The molecule has 3 aromatic carbocycles. The third-order valence-corrected chi connectivity index (χ3v) is 6.40. The number of para-hydroxylation sites is 1. The van der Waals surface area contributed by atoms with E-state index in [1.54, 1.807) is 6.20 Å². The summed E-state index contributed by atoms with van der Waals surface area (Å²) in [7, 11) is 0. The van der Waals surface area contributed by atoms with Crippen LogP contribution < -0.4 is 15.5 Å². The number of carbonyl (C=O) groups excluding carboxylic acids is 1. The number of pyridine rings is 1. The van der Waals surface area contributed by atoms with Crippen LogP contribution in [-0.4, -0.2) is 30.1 Å². The highest BCUT2D eigenvalue weighted by molar-refractivity contribution is 6.01. The van der Waals surface area contributed by atoms with E-state index in [4.69, 9.17) is 0 Å². The molecule has 166 valence electrons. The summed E-state index contributed by atoms with van der Waals surface area (Å²) in [5.74, 6) is 0. The van der Waals surface area contributed by atoms with E-state index in [-0.39, 0.29) is 12.1 Å². The van der Waals surface area contributed by atoms with Gasteiger partial charge in [0, 0.05) is 48.0 Å². The Balaban J connectivity index is 1.27. The zero-order chi connectivity index (χ0) is 22.5. The maximum atomic E-state index is 12.8. The van der Waals surface area contributed by atoms with E-state index in [9.17, 15) is 4.79 Å². The topological polar surface area (TPSA) is 57.3 Å². The molecule has 0 spiro atoms. The minimum Gasteiger partial charge on any atom is -0.366 e. The highest BCUT2D eigenvalue weighted by Crippen LogP contribution is 2.30. The Hall–Kier alpha value is -3.86. The Morgan fingerprint density at radius 2 is 1.82 bits per heavy atom. The van der Waals surface area contributed by atoms with Gasteiger partial charge in [0.1, 0.15) is 0 Å². The summed E-state index contributed by atoms with van der Waals surface area (Å²) in [6.07, 6.45) is 6.58. The number of benzene rings is 3.